The maximum absolute atomic E-state index is 12.0. The molecule has 0 unspecified atom stereocenters. The number of aryl methyl sites for hydroxylation is 2. The molecule has 0 amide bonds. The molecule has 0 radical (unpaired) electrons. The minimum absolute atomic E-state index is 0.648. The van der Waals surface area contributed by atoms with Gasteiger partial charge in [0.1, 0.15) is 0 Å². The van der Waals surface area contributed by atoms with Crippen LogP contribution in [0.1, 0.15) is 16.7 Å². The summed E-state index contributed by atoms with van der Waals surface area (Å²) < 4.78 is 0.912. The van der Waals surface area contributed by atoms with Gasteiger partial charge in [0.05, 0.1) is 0 Å². The molecule has 0 saturated carbocycles. The van der Waals surface area contributed by atoms with Crippen molar-refractivity contribution in [3.8, 4) is 0 Å². The second-order valence-electron chi connectivity index (χ2n) is 4.10. The fourth-order valence-corrected chi connectivity index (χ4v) is 1.80. The summed E-state index contributed by atoms with van der Waals surface area (Å²) in [6.07, 6.45) is 1.64. The minimum atomic E-state index is 0.648. The lowest BCUT2D eigenvalue weighted by molar-refractivity contribution is -0.354. The van der Waals surface area contributed by atoms with Gasteiger partial charge in [-0.15, -0.1) is 0 Å². The molecule has 0 aliphatic rings. The van der Waals surface area contributed by atoms with Crippen LogP contribution in [-0.4, -0.2) is 11.0 Å². The van der Waals surface area contributed by atoms with Gasteiger partial charge in [-0.05, 0) is 25.0 Å². The number of para-hydroxylation sites is 1. The number of nitrogens with zero attached hydrogens (tertiary/aromatic N) is 1. The van der Waals surface area contributed by atoms with Crippen molar-refractivity contribution in [1.82, 2.24) is 0 Å². The van der Waals surface area contributed by atoms with Crippen molar-refractivity contribution in [1.29, 1.82) is 0 Å². The molecule has 0 saturated heterocycles. The van der Waals surface area contributed by atoms with Crippen LogP contribution in [0.5, 0.6) is 0 Å². The van der Waals surface area contributed by atoms with Crippen molar-refractivity contribution in [2.45, 2.75) is 13.8 Å². The third-order valence-corrected chi connectivity index (χ3v) is 2.80. The summed E-state index contributed by atoms with van der Waals surface area (Å²) in [6.45, 7) is 4.02. The fourth-order valence-electron chi connectivity index (χ4n) is 1.80. The highest BCUT2D eigenvalue weighted by atomic mass is 16.5. The quantitative estimate of drug-likeness (QED) is 0.332. The highest BCUT2D eigenvalue weighted by Crippen LogP contribution is 2.13. The summed E-state index contributed by atoms with van der Waals surface area (Å²) in [5.41, 5.74) is 3.87. The van der Waals surface area contributed by atoms with Crippen molar-refractivity contribution >= 4 is 11.9 Å². The van der Waals surface area contributed by atoms with Gasteiger partial charge in [0.2, 0.25) is 5.69 Å². The van der Waals surface area contributed by atoms with Crippen LogP contribution in [0.3, 0.4) is 0 Å². The lowest BCUT2D eigenvalue weighted by atomic mass is 10.0. The first-order valence-electron chi connectivity index (χ1n) is 5.61. The molecule has 0 heterocycles. The molecule has 0 bridgehead atoms. The summed E-state index contributed by atoms with van der Waals surface area (Å²) in [6, 6.07) is 15.2. The van der Waals surface area contributed by atoms with Crippen molar-refractivity contribution in [2.24, 2.45) is 0 Å². The molecule has 2 nitrogen and oxygen atoms in total. The molecule has 2 heteroatoms. The SMILES string of the molecule is Cc1cccc(C)c1C=[N+]([O-])c1ccccc1. The number of hydrogen-bond donors (Lipinski definition) is 0. The Morgan fingerprint density at radius 3 is 2.06 bits per heavy atom. The minimum Gasteiger partial charge on any atom is -0.618 e. The molecule has 2 aromatic rings. The van der Waals surface area contributed by atoms with Crippen molar-refractivity contribution in [3.05, 3.63) is 70.4 Å². The monoisotopic (exact) mass is 225 g/mol. The van der Waals surface area contributed by atoms with Gasteiger partial charge in [-0.2, -0.15) is 4.74 Å². The Balaban J connectivity index is 2.43. The Kier molecular flexibility index (Phi) is 3.24. The van der Waals surface area contributed by atoms with Gasteiger partial charge in [0.25, 0.3) is 0 Å². The largest absolute Gasteiger partial charge is 0.618 e. The molecule has 0 atom stereocenters. The highest BCUT2D eigenvalue weighted by Gasteiger charge is 2.05. The standard InChI is InChI=1S/C15H15NO/c1-12-7-6-8-13(2)15(12)11-16(17)14-9-4-3-5-10-14/h3-11H,1-2H3. The summed E-state index contributed by atoms with van der Waals surface area (Å²) >= 11 is 0. The van der Waals surface area contributed by atoms with Crippen molar-refractivity contribution in [3.63, 3.8) is 0 Å². The average Bonchev–Trinajstić information content (AvgIpc) is 2.35. The molecular weight excluding hydrogens is 210 g/mol. The van der Waals surface area contributed by atoms with E-state index in [9.17, 15) is 5.21 Å². The Bertz CT molecular complexity index is 524. The van der Waals surface area contributed by atoms with Gasteiger partial charge in [0, 0.05) is 17.7 Å². The summed E-state index contributed by atoms with van der Waals surface area (Å²) in [5, 5.41) is 12.0. The molecule has 0 N–H and O–H groups in total. The summed E-state index contributed by atoms with van der Waals surface area (Å²) in [4.78, 5) is 0. The Morgan fingerprint density at radius 1 is 0.882 bits per heavy atom. The Morgan fingerprint density at radius 2 is 1.47 bits per heavy atom. The van der Waals surface area contributed by atoms with Crippen LogP contribution in [0.2, 0.25) is 0 Å². The topological polar surface area (TPSA) is 26.1 Å². The van der Waals surface area contributed by atoms with E-state index in [4.69, 9.17) is 0 Å². The molecule has 0 aliphatic carbocycles. The highest BCUT2D eigenvalue weighted by molar-refractivity contribution is 5.81. The van der Waals surface area contributed by atoms with Crippen LogP contribution in [0, 0.1) is 19.1 Å². The van der Waals surface area contributed by atoms with E-state index in [-0.39, 0.29) is 0 Å². The maximum atomic E-state index is 12.0. The lowest BCUT2D eigenvalue weighted by Gasteiger charge is -2.06. The lowest BCUT2D eigenvalue weighted by Crippen LogP contribution is -2.02. The fraction of sp³-hybridized carbons (Fsp3) is 0.133. The molecule has 2 aromatic carbocycles. The Hall–Kier alpha value is -2.09. The predicted molar refractivity (Wildman–Crippen MR) is 70.8 cm³/mol. The first kappa shape index (κ1) is 11.4. The van der Waals surface area contributed by atoms with Gasteiger partial charge in [-0.3, -0.25) is 0 Å². The Labute approximate surface area is 101 Å². The zero-order valence-electron chi connectivity index (χ0n) is 10.1. The number of benzene rings is 2. The van der Waals surface area contributed by atoms with Crippen molar-refractivity contribution in [2.75, 3.05) is 0 Å². The second kappa shape index (κ2) is 4.83. The van der Waals surface area contributed by atoms with Crippen LogP contribution in [0.4, 0.5) is 5.69 Å². The zero-order chi connectivity index (χ0) is 12.3. The van der Waals surface area contributed by atoms with E-state index in [2.05, 4.69) is 0 Å². The third kappa shape index (κ3) is 2.53. The molecule has 86 valence electrons. The van der Waals surface area contributed by atoms with E-state index in [0.29, 0.717) is 5.69 Å². The van der Waals surface area contributed by atoms with Gasteiger partial charge in [-0.25, -0.2) is 0 Å². The molecule has 0 spiro atoms. The van der Waals surface area contributed by atoms with Crippen LogP contribution >= 0.6 is 0 Å². The van der Waals surface area contributed by atoms with Crippen LogP contribution in [-0.2, 0) is 0 Å². The van der Waals surface area contributed by atoms with Crippen LogP contribution < -0.4 is 0 Å². The van der Waals surface area contributed by atoms with E-state index in [0.717, 1.165) is 21.4 Å². The first-order valence-corrected chi connectivity index (χ1v) is 5.61. The second-order valence-corrected chi connectivity index (χ2v) is 4.10. The van der Waals surface area contributed by atoms with Gasteiger partial charge < -0.3 is 5.21 Å². The third-order valence-electron chi connectivity index (χ3n) is 2.80. The molecule has 17 heavy (non-hydrogen) atoms. The van der Waals surface area contributed by atoms with E-state index in [1.807, 2.05) is 50.2 Å². The number of hydrogen-bond acceptors (Lipinski definition) is 1. The molecular formula is C15H15NO. The van der Waals surface area contributed by atoms with Gasteiger partial charge in [-0.1, -0.05) is 36.4 Å². The maximum Gasteiger partial charge on any atom is 0.216 e. The van der Waals surface area contributed by atoms with Gasteiger partial charge >= 0.3 is 0 Å². The summed E-state index contributed by atoms with van der Waals surface area (Å²) in [5.74, 6) is 0. The van der Waals surface area contributed by atoms with E-state index >= 15 is 0 Å². The van der Waals surface area contributed by atoms with Gasteiger partial charge in [0.15, 0.2) is 6.21 Å². The average molecular weight is 225 g/mol. The molecule has 0 aliphatic heterocycles. The zero-order valence-corrected chi connectivity index (χ0v) is 10.1. The van der Waals surface area contributed by atoms with E-state index < -0.39 is 0 Å². The predicted octanol–water partition coefficient (Wildman–Crippen LogP) is 3.56. The van der Waals surface area contributed by atoms with E-state index in [1.54, 1.807) is 18.3 Å². The smallest absolute Gasteiger partial charge is 0.216 e. The molecule has 2 rings (SSSR count). The van der Waals surface area contributed by atoms with Crippen LogP contribution in [0.25, 0.3) is 0 Å². The number of rotatable bonds is 2. The van der Waals surface area contributed by atoms with Crippen molar-refractivity contribution < 1.29 is 4.74 Å². The van der Waals surface area contributed by atoms with Crippen LogP contribution in [0.15, 0.2) is 48.5 Å². The molecule has 0 aromatic heterocycles. The first-order chi connectivity index (χ1) is 8.18. The normalized spacial score (nSPS) is 11.5. The summed E-state index contributed by atoms with van der Waals surface area (Å²) in [7, 11) is 0. The van der Waals surface area contributed by atoms with E-state index in [1.165, 1.54) is 0 Å². The molecule has 0 fully saturated rings.